The van der Waals surface area contributed by atoms with Crippen LogP contribution in [0.3, 0.4) is 0 Å². The van der Waals surface area contributed by atoms with Gasteiger partial charge in [0.05, 0.1) is 11.0 Å². The van der Waals surface area contributed by atoms with E-state index in [-0.39, 0.29) is 18.1 Å². The number of amides is 1. The molecule has 1 aromatic heterocycles. The first-order valence-electron chi connectivity index (χ1n) is 8.14. The Bertz CT molecular complexity index is 937. The Morgan fingerprint density at radius 1 is 1.04 bits per heavy atom. The van der Waals surface area contributed by atoms with Gasteiger partial charge in [0.25, 0.3) is 0 Å². The summed E-state index contributed by atoms with van der Waals surface area (Å²) < 4.78 is 3.27. The minimum absolute atomic E-state index is 0.00397. The molecular weight excluding hydrogens is 302 g/mol. The summed E-state index contributed by atoms with van der Waals surface area (Å²) in [7, 11) is 0. The minimum atomic E-state index is -0.206. The molecular formula is C19H21N3O2. The number of para-hydroxylation sites is 2. The molecule has 1 N–H and O–H groups in total. The van der Waals surface area contributed by atoms with Crippen LogP contribution in [0, 0.1) is 6.92 Å². The van der Waals surface area contributed by atoms with E-state index >= 15 is 0 Å². The van der Waals surface area contributed by atoms with Crippen LogP contribution in [0.1, 0.15) is 18.9 Å². The highest BCUT2D eigenvalue weighted by Crippen LogP contribution is 2.14. The Hall–Kier alpha value is -2.82. The van der Waals surface area contributed by atoms with Crippen LogP contribution in [-0.2, 0) is 17.9 Å². The third kappa shape index (κ3) is 3.11. The maximum Gasteiger partial charge on any atom is 0.329 e. The van der Waals surface area contributed by atoms with Gasteiger partial charge in [0.2, 0.25) is 5.91 Å². The number of hydrogen-bond acceptors (Lipinski definition) is 2. The Labute approximate surface area is 140 Å². The largest absolute Gasteiger partial charge is 0.329 e. The quantitative estimate of drug-likeness (QED) is 0.784. The lowest BCUT2D eigenvalue weighted by Gasteiger charge is -2.07. The number of nitrogens with zero attached hydrogens (tertiary/aromatic N) is 2. The first kappa shape index (κ1) is 16.1. The smallest absolute Gasteiger partial charge is 0.325 e. The van der Waals surface area contributed by atoms with Crippen molar-refractivity contribution in [2.24, 2.45) is 0 Å². The Morgan fingerprint density at radius 3 is 2.42 bits per heavy atom. The second-order valence-electron chi connectivity index (χ2n) is 5.93. The number of carbonyl (C=O) groups is 1. The van der Waals surface area contributed by atoms with Crippen LogP contribution < -0.4 is 11.0 Å². The molecule has 0 aliphatic rings. The van der Waals surface area contributed by atoms with Gasteiger partial charge in [0.15, 0.2) is 0 Å². The molecule has 0 atom stereocenters. The van der Waals surface area contributed by atoms with E-state index in [9.17, 15) is 9.59 Å². The summed E-state index contributed by atoms with van der Waals surface area (Å²) in [5.74, 6) is -0.206. The van der Waals surface area contributed by atoms with E-state index in [0.717, 1.165) is 28.7 Å². The number of hydrogen-bond donors (Lipinski definition) is 1. The fourth-order valence-corrected chi connectivity index (χ4v) is 2.93. The average Bonchev–Trinajstić information content (AvgIpc) is 2.81. The van der Waals surface area contributed by atoms with Gasteiger partial charge in [-0.2, -0.15) is 0 Å². The second-order valence-corrected chi connectivity index (χ2v) is 5.93. The minimum Gasteiger partial charge on any atom is -0.325 e. The molecule has 3 rings (SSSR count). The zero-order valence-electron chi connectivity index (χ0n) is 14.0. The lowest BCUT2D eigenvalue weighted by molar-refractivity contribution is -0.116. The number of aryl methyl sites for hydroxylation is 2. The normalized spacial score (nSPS) is 10.9. The molecule has 124 valence electrons. The molecule has 0 aliphatic heterocycles. The van der Waals surface area contributed by atoms with Gasteiger partial charge in [-0.1, -0.05) is 31.2 Å². The van der Waals surface area contributed by atoms with Gasteiger partial charge >= 0.3 is 5.69 Å². The highest BCUT2D eigenvalue weighted by molar-refractivity contribution is 5.91. The monoisotopic (exact) mass is 323 g/mol. The van der Waals surface area contributed by atoms with Gasteiger partial charge in [-0.25, -0.2) is 4.79 Å². The molecule has 0 radical (unpaired) electrons. The lowest BCUT2D eigenvalue weighted by Crippen LogP contribution is -2.29. The van der Waals surface area contributed by atoms with Crippen molar-refractivity contribution in [2.75, 3.05) is 5.32 Å². The maximum atomic E-state index is 12.7. The van der Waals surface area contributed by atoms with Gasteiger partial charge < -0.3 is 5.32 Å². The highest BCUT2D eigenvalue weighted by Gasteiger charge is 2.14. The molecule has 0 bridgehead atoms. The third-order valence-corrected chi connectivity index (χ3v) is 3.98. The summed E-state index contributed by atoms with van der Waals surface area (Å²) in [5.41, 5.74) is 3.33. The van der Waals surface area contributed by atoms with E-state index in [1.807, 2.05) is 62.4 Å². The third-order valence-electron chi connectivity index (χ3n) is 3.98. The van der Waals surface area contributed by atoms with E-state index in [2.05, 4.69) is 5.32 Å². The Kier molecular flexibility index (Phi) is 4.51. The molecule has 0 aliphatic carbocycles. The molecule has 24 heavy (non-hydrogen) atoms. The molecule has 0 unspecified atom stereocenters. The van der Waals surface area contributed by atoms with Crippen molar-refractivity contribution in [1.29, 1.82) is 0 Å². The van der Waals surface area contributed by atoms with Crippen molar-refractivity contribution in [1.82, 2.24) is 9.13 Å². The number of anilines is 1. The lowest BCUT2D eigenvalue weighted by atomic mass is 10.2. The number of nitrogens with one attached hydrogen (secondary N) is 1. The topological polar surface area (TPSA) is 56.0 Å². The van der Waals surface area contributed by atoms with Crippen molar-refractivity contribution in [3.05, 3.63) is 64.6 Å². The fraction of sp³-hybridized carbons (Fsp3) is 0.263. The first-order valence-corrected chi connectivity index (χ1v) is 8.14. The number of carbonyl (C=O) groups excluding carboxylic acids is 1. The number of aromatic nitrogens is 2. The number of imidazole rings is 1. The molecule has 5 nitrogen and oxygen atoms in total. The Balaban J connectivity index is 1.91. The zero-order chi connectivity index (χ0) is 17.1. The van der Waals surface area contributed by atoms with Crippen molar-refractivity contribution in [3.63, 3.8) is 0 Å². The maximum absolute atomic E-state index is 12.7. The van der Waals surface area contributed by atoms with Gasteiger partial charge in [0.1, 0.15) is 6.54 Å². The predicted molar refractivity (Wildman–Crippen MR) is 96.3 cm³/mol. The Morgan fingerprint density at radius 2 is 1.75 bits per heavy atom. The van der Waals surface area contributed by atoms with Gasteiger partial charge in [-0.05, 0) is 43.2 Å². The van der Waals surface area contributed by atoms with E-state index in [1.165, 1.54) is 4.57 Å². The predicted octanol–water partition coefficient (Wildman–Crippen LogP) is 3.16. The summed E-state index contributed by atoms with van der Waals surface area (Å²) >= 11 is 0. The highest BCUT2D eigenvalue weighted by atomic mass is 16.2. The average molecular weight is 323 g/mol. The van der Waals surface area contributed by atoms with Crippen LogP contribution in [0.5, 0.6) is 0 Å². The second kappa shape index (κ2) is 6.74. The molecule has 5 heteroatoms. The number of fused-ring (bicyclic) bond motifs is 1. The summed E-state index contributed by atoms with van der Waals surface area (Å²) in [6.45, 7) is 4.65. The zero-order valence-corrected chi connectivity index (χ0v) is 14.0. The van der Waals surface area contributed by atoms with Crippen LogP contribution in [0.25, 0.3) is 11.0 Å². The van der Waals surface area contributed by atoms with Crippen LogP contribution in [-0.4, -0.2) is 15.0 Å². The first-order chi connectivity index (χ1) is 11.6. The molecule has 0 saturated heterocycles. The van der Waals surface area contributed by atoms with Crippen LogP contribution in [0.4, 0.5) is 5.69 Å². The molecule has 0 fully saturated rings. The molecule has 2 aromatic carbocycles. The van der Waals surface area contributed by atoms with E-state index in [4.69, 9.17) is 0 Å². The standard InChI is InChI=1S/C19H21N3O2/c1-3-11-21-16-9-4-5-10-17(16)22(19(21)24)13-18(23)20-15-8-6-7-14(2)12-15/h4-10,12H,3,11,13H2,1-2H3,(H,20,23). The molecule has 1 amide bonds. The fourth-order valence-electron chi connectivity index (χ4n) is 2.93. The van der Waals surface area contributed by atoms with Crippen LogP contribution >= 0.6 is 0 Å². The van der Waals surface area contributed by atoms with Crippen molar-refractivity contribution >= 4 is 22.6 Å². The van der Waals surface area contributed by atoms with Crippen LogP contribution in [0.2, 0.25) is 0 Å². The van der Waals surface area contributed by atoms with Gasteiger partial charge in [-0.3, -0.25) is 13.9 Å². The van der Waals surface area contributed by atoms with Crippen molar-refractivity contribution in [2.45, 2.75) is 33.4 Å². The SMILES string of the molecule is CCCn1c(=O)n(CC(=O)Nc2cccc(C)c2)c2ccccc21. The van der Waals surface area contributed by atoms with Gasteiger partial charge in [-0.15, -0.1) is 0 Å². The molecule has 0 saturated carbocycles. The molecule has 3 aromatic rings. The summed E-state index contributed by atoms with van der Waals surface area (Å²) in [4.78, 5) is 25.0. The van der Waals surface area contributed by atoms with Crippen molar-refractivity contribution < 1.29 is 4.79 Å². The molecule has 1 heterocycles. The summed E-state index contributed by atoms with van der Waals surface area (Å²) in [6, 6.07) is 15.2. The number of rotatable bonds is 5. The van der Waals surface area contributed by atoms with E-state index in [0.29, 0.717) is 6.54 Å². The number of benzene rings is 2. The summed E-state index contributed by atoms with van der Waals surface area (Å²) in [5, 5.41) is 2.86. The van der Waals surface area contributed by atoms with Crippen LogP contribution in [0.15, 0.2) is 53.3 Å². The molecule has 0 spiro atoms. The van der Waals surface area contributed by atoms with Gasteiger partial charge in [0, 0.05) is 12.2 Å². The van der Waals surface area contributed by atoms with E-state index < -0.39 is 0 Å². The summed E-state index contributed by atoms with van der Waals surface area (Å²) in [6.07, 6.45) is 0.864. The van der Waals surface area contributed by atoms with Crippen molar-refractivity contribution in [3.8, 4) is 0 Å². The van der Waals surface area contributed by atoms with E-state index in [1.54, 1.807) is 4.57 Å².